The topological polar surface area (TPSA) is 92.4 Å². The number of nitrogens with two attached hydrogens (primary N) is 1. The summed E-state index contributed by atoms with van der Waals surface area (Å²) >= 11 is 0. The zero-order chi connectivity index (χ0) is 13.2. The van der Waals surface area contributed by atoms with Crippen LogP contribution >= 0.6 is 0 Å². The zero-order valence-corrected chi connectivity index (χ0v) is 9.98. The second kappa shape index (κ2) is 4.78. The molecule has 5 heteroatoms. The second-order valence-electron chi connectivity index (χ2n) is 4.70. The van der Waals surface area contributed by atoms with E-state index in [1.165, 1.54) is 0 Å². The van der Waals surface area contributed by atoms with E-state index in [0.717, 1.165) is 18.4 Å². The van der Waals surface area contributed by atoms with Gasteiger partial charge in [-0.25, -0.2) is 0 Å². The van der Waals surface area contributed by atoms with Gasteiger partial charge in [-0.1, -0.05) is 12.1 Å². The third-order valence-corrected chi connectivity index (χ3v) is 3.05. The first-order valence-electron chi connectivity index (χ1n) is 5.91. The van der Waals surface area contributed by atoms with E-state index in [4.69, 9.17) is 10.8 Å². The molecule has 0 aromatic heterocycles. The number of aryl methyl sites for hydroxylation is 1. The largest absolute Gasteiger partial charge is 0.481 e. The van der Waals surface area contributed by atoms with Crippen LogP contribution in [0.2, 0.25) is 0 Å². The predicted octanol–water partition coefficient (Wildman–Crippen LogP) is 1.13. The van der Waals surface area contributed by atoms with E-state index >= 15 is 0 Å². The summed E-state index contributed by atoms with van der Waals surface area (Å²) < 4.78 is 0. The summed E-state index contributed by atoms with van der Waals surface area (Å²) in [5, 5.41) is 11.4. The van der Waals surface area contributed by atoms with Crippen molar-refractivity contribution in [1.29, 1.82) is 0 Å². The molecule has 0 heterocycles. The van der Waals surface area contributed by atoms with Crippen LogP contribution in [0.1, 0.15) is 24.8 Å². The maximum atomic E-state index is 11.7. The first-order valence-corrected chi connectivity index (χ1v) is 5.91. The third-order valence-electron chi connectivity index (χ3n) is 3.05. The molecule has 0 atom stereocenters. The van der Waals surface area contributed by atoms with Gasteiger partial charge in [0.1, 0.15) is 0 Å². The Morgan fingerprint density at radius 2 is 2.11 bits per heavy atom. The Bertz CT molecular complexity index is 481. The van der Waals surface area contributed by atoms with Crippen LogP contribution in [0.3, 0.4) is 0 Å². The predicted molar refractivity (Wildman–Crippen MR) is 67.2 cm³/mol. The number of nitrogens with one attached hydrogen (secondary N) is 1. The molecule has 96 valence electrons. The Morgan fingerprint density at radius 3 is 2.72 bits per heavy atom. The number of hydrogen-bond donors (Lipinski definition) is 3. The molecule has 0 spiro atoms. The fraction of sp³-hybridized carbons (Fsp3) is 0.385. The molecule has 4 N–H and O–H groups in total. The Balaban J connectivity index is 1.98. The van der Waals surface area contributed by atoms with Crippen molar-refractivity contribution in [3.63, 3.8) is 0 Å². The minimum absolute atomic E-state index is 0.0816. The van der Waals surface area contributed by atoms with Gasteiger partial charge in [-0.15, -0.1) is 0 Å². The van der Waals surface area contributed by atoms with Crippen LogP contribution in [0.25, 0.3) is 0 Å². The van der Waals surface area contributed by atoms with E-state index in [1.54, 1.807) is 18.2 Å². The summed E-state index contributed by atoms with van der Waals surface area (Å²) in [5.41, 5.74) is 6.64. The molecule has 1 aromatic rings. The number of rotatable bonds is 5. The quantitative estimate of drug-likeness (QED) is 0.728. The minimum Gasteiger partial charge on any atom is -0.481 e. The number of carbonyl (C=O) groups is 2. The molecule has 0 aliphatic heterocycles. The van der Waals surface area contributed by atoms with Crippen LogP contribution in [-0.2, 0) is 16.0 Å². The Kier molecular flexibility index (Phi) is 3.34. The normalized spacial score (nSPS) is 16.1. The molecular weight excluding hydrogens is 232 g/mol. The smallest absolute Gasteiger partial charge is 0.303 e. The van der Waals surface area contributed by atoms with Crippen LogP contribution in [0.5, 0.6) is 0 Å². The van der Waals surface area contributed by atoms with E-state index in [1.807, 2.05) is 6.07 Å². The molecule has 0 saturated heterocycles. The SMILES string of the molecule is NC1(C(=O)Nc2cccc(CCC(=O)O)c2)CC1. The Hall–Kier alpha value is -1.88. The second-order valence-corrected chi connectivity index (χ2v) is 4.70. The molecule has 1 aromatic carbocycles. The van der Waals surface area contributed by atoms with E-state index in [9.17, 15) is 9.59 Å². The summed E-state index contributed by atoms with van der Waals surface area (Å²) in [4.78, 5) is 22.2. The minimum atomic E-state index is -0.830. The Labute approximate surface area is 105 Å². The van der Waals surface area contributed by atoms with E-state index < -0.39 is 11.5 Å². The van der Waals surface area contributed by atoms with Crippen molar-refractivity contribution >= 4 is 17.6 Å². The highest BCUT2D eigenvalue weighted by Gasteiger charge is 2.45. The molecule has 2 rings (SSSR count). The highest BCUT2D eigenvalue weighted by Crippen LogP contribution is 2.33. The summed E-state index contributed by atoms with van der Waals surface area (Å²) in [6.45, 7) is 0. The van der Waals surface area contributed by atoms with Gasteiger partial charge in [-0.05, 0) is 37.0 Å². The van der Waals surface area contributed by atoms with Crippen LogP contribution < -0.4 is 11.1 Å². The molecule has 0 bridgehead atoms. The lowest BCUT2D eigenvalue weighted by molar-refractivity contribution is -0.137. The van der Waals surface area contributed by atoms with Crippen molar-refractivity contribution in [3.05, 3.63) is 29.8 Å². The van der Waals surface area contributed by atoms with Crippen LogP contribution in [-0.4, -0.2) is 22.5 Å². The van der Waals surface area contributed by atoms with Gasteiger partial charge in [-0.2, -0.15) is 0 Å². The number of carboxylic acid groups (broad SMARTS) is 1. The summed E-state index contributed by atoms with van der Waals surface area (Å²) in [7, 11) is 0. The first kappa shape index (κ1) is 12.6. The number of carbonyl (C=O) groups excluding carboxylic acids is 1. The number of hydrogen-bond acceptors (Lipinski definition) is 3. The molecule has 18 heavy (non-hydrogen) atoms. The van der Waals surface area contributed by atoms with Crippen molar-refractivity contribution in [2.45, 2.75) is 31.2 Å². The highest BCUT2D eigenvalue weighted by atomic mass is 16.4. The van der Waals surface area contributed by atoms with Gasteiger partial charge in [0.2, 0.25) is 5.91 Å². The van der Waals surface area contributed by atoms with Crippen molar-refractivity contribution in [2.75, 3.05) is 5.32 Å². The van der Waals surface area contributed by atoms with Gasteiger partial charge in [0, 0.05) is 12.1 Å². The van der Waals surface area contributed by atoms with Crippen molar-refractivity contribution < 1.29 is 14.7 Å². The molecule has 1 aliphatic rings. The maximum absolute atomic E-state index is 11.7. The average Bonchev–Trinajstić information content (AvgIpc) is 3.07. The van der Waals surface area contributed by atoms with E-state index in [2.05, 4.69) is 5.32 Å². The summed E-state index contributed by atoms with van der Waals surface area (Å²) in [5.74, 6) is -0.999. The van der Waals surface area contributed by atoms with Crippen molar-refractivity contribution in [1.82, 2.24) is 0 Å². The standard InChI is InChI=1S/C13H16N2O3/c14-13(6-7-13)12(18)15-10-3-1-2-9(8-10)4-5-11(16)17/h1-3,8H,4-7,14H2,(H,15,18)(H,16,17). The fourth-order valence-corrected chi connectivity index (χ4v) is 1.67. The lowest BCUT2D eigenvalue weighted by Gasteiger charge is -2.10. The third kappa shape index (κ3) is 3.07. The van der Waals surface area contributed by atoms with Gasteiger partial charge in [0.25, 0.3) is 0 Å². The van der Waals surface area contributed by atoms with Gasteiger partial charge >= 0.3 is 5.97 Å². The zero-order valence-electron chi connectivity index (χ0n) is 9.98. The van der Waals surface area contributed by atoms with Gasteiger partial charge < -0.3 is 16.2 Å². The molecular formula is C13H16N2O3. The van der Waals surface area contributed by atoms with Crippen molar-refractivity contribution in [3.8, 4) is 0 Å². The number of benzene rings is 1. The lowest BCUT2D eigenvalue weighted by atomic mass is 10.1. The van der Waals surface area contributed by atoms with Crippen molar-refractivity contribution in [2.24, 2.45) is 5.73 Å². The molecule has 1 amide bonds. The molecule has 1 fully saturated rings. The lowest BCUT2D eigenvalue weighted by Crippen LogP contribution is -2.37. The van der Waals surface area contributed by atoms with Gasteiger partial charge in [0.05, 0.1) is 5.54 Å². The molecule has 1 saturated carbocycles. The Morgan fingerprint density at radius 1 is 1.39 bits per heavy atom. The summed E-state index contributed by atoms with van der Waals surface area (Å²) in [6, 6.07) is 7.19. The molecule has 1 aliphatic carbocycles. The fourth-order valence-electron chi connectivity index (χ4n) is 1.67. The molecule has 0 unspecified atom stereocenters. The van der Waals surface area contributed by atoms with Crippen LogP contribution in [0.15, 0.2) is 24.3 Å². The number of aliphatic carboxylic acids is 1. The number of carboxylic acids is 1. The molecule has 5 nitrogen and oxygen atoms in total. The van der Waals surface area contributed by atoms with Crippen LogP contribution in [0, 0.1) is 0 Å². The van der Waals surface area contributed by atoms with Gasteiger partial charge in [0.15, 0.2) is 0 Å². The highest BCUT2D eigenvalue weighted by molar-refractivity contribution is 6.00. The maximum Gasteiger partial charge on any atom is 0.303 e. The van der Waals surface area contributed by atoms with E-state index in [0.29, 0.717) is 12.1 Å². The monoisotopic (exact) mass is 248 g/mol. The molecule has 0 radical (unpaired) electrons. The first-order chi connectivity index (χ1) is 8.49. The average molecular weight is 248 g/mol. The number of amides is 1. The summed E-state index contributed by atoms with van der Waals surface area (Å²) in [6.07, 6.45) is 1.97. The number of anilines is 1. The van der Waals surface area contributed by atoms with Gasteiger partial charge in [-0.3, -0.25) is 9.59 Å². The van der Waals surface area contributed by atoms with E-state index in [-0.39, 0.29) is 12.3 Å². The van der Waals surface area contributed by atoms with Crippen LogP contribution in [0.4, 0.5) is 5.69 Å².